The summed E-state index contributed by atoms with van der Waals surface area (Å²) in [6.45, 7) is 32.5. The Morgan fingerprint density at radius 1 is 0.350 bits per heavy atom. The van der Waals surface area contributed by atoms with Crippen molar-refractivity contribution in [2.75, 3.05) is 0 Å². The van der Waals surface area contributed by atoms with Gasteiger partial charge >= 0.3 is 37.7 Å². The average Bonchev–Trinajstić information content (AvgIpc) is 2.64. The van der Waals surface area contributed by atoms with Gasteiger partial charge in [-0.3, -0.25) is 14.4 Å². The summed E-state index contributed by atoms with van der Waals surface area (Å²) >= 11 is 0. The predicted molar refractivity (Wildman–Crippen MR) is 156 cm³/mol. The molecule has 0 aliphatic heterocycles. The fourth-order valence-electron chi connectivity index (χ4n) is 1.66. The quantitative estimate of drug-likeness (QED) is 0.211. The number of carbonyl (C=O) groups excluding carboxylic acids is 3. The van der Waals surface area contributed by atoms with Gasteiger partial charge in [0.2, 0.25) is 0 Å². The minimum absolute atomic E-state index is 0. The molecule has 0 bridgehead atoms. The van der Waals surface area contributed by atoms with Crippen LogP contribution in [-0.4, -0.2) is 17.3 Å². The molecule has 7 heteroatoms. The first-order valence-electron chi connectivity index (χ1n) is 13.5. The third-order valence-corrected chi connectivity index (χ3v) is 5.22. The van der Waals surface area contributed by atoms with E-state index in [2.05, 4.69) is 0 Å². The second-order valence-electron chi connectivity index (χ2n) is 16.1. The first-order chi connectivity index (χ1) is 16.6. The van der Waals surface area contributed by atoms with Crippen LogP contribution in [0.4, 0.5) is 0 Å². The van der Waals surface area contributed by atoms with Crippen LogP contribution in [0, 0.1) is 70.2 Å². The van der Waals surface area contributed by atoms with Crippen molar-refractivity contribution in [2.45, 2.75) is 125 Å². The molecule has 0 saturated heterocycles. The van der Waals surface area contributed by atoms with Crippen LogP contribution in [0.15, 0.2) is 35.5 Å². The van der Waals surface area contributed by atoms with Crippen LogP contribution in [-0.2, 0) is 14.4 Å². The summed E-state index contributed by atoms with van der Waals surface area (Å²) in [4.78, 5) is 34.3. The molecule has 0 amide bonds. The zero-order chi connectivity index (χ0) is 32.6. The standard InChI is InChI=1S/3C11H20O2.Ho/c3*1-10(2,3)8(12)7-9(13)11(4,5)6;/h3*7,12H,1-6H3;/q;;;+3/p-3. The molecule has 0 atom stereocenters. The molecule has 0 aromatic carbocycles. The Morgan fingerprint density at radius 3 is 0.550 bits per heavy atom. The summed E-state index contributed by atoms with van der Waals surface area (Å²) < 4.78 is 0. The average molecular weight is 715 g/mol. The van der Waals surface area contributed by atoms with Crippen molar-refractivity contribution in [2.24, 2.45) is 32.5 Å². The van der Waals surface area contributed by atoms with E-state index in [1.807, 2.05) is 125 Å². The third-order valence-electron chi connectivity index (χ3n) is 5.22. The van der Waals surface area contributed by atoms with Crippen LogP contribution in [0.25, 0.3) is 0 Å². The largest absolute Gasteiger partial charge is 3.00 e. The van der Waals surface area contributed by atoms with Crippen molar-refractivity contribution in [3.05, 3.63) is 35.5 Å². The molecule has 0 aliphatic carbocycles. The molecule has 236 valence electrons. The van der Waals surface area contributed by atoms with Crippen molar-refractivity contribution >= 4 is 17.3 Å². The van der Waals surface area contributed by atoms with E-state index in [0.29, 0.717) is 0 Å². The molecule has 0 rings (SSSR count). The number of allylic oxidation sites excluding steroid dienone is 6. The number of carbonyl (C=O) groups is 3. The SMILES string of the molecule is CC(C)(C)C(=O)C=C([O-])C(C)(C)C.CC(C)(C)C(=O)C=C([O-])C(C)(C)C.CC(C)(C)C(=O)C=C([O-])C(C)(C)C.[Ho+3]. The molecule has 0 spiro atoms. The molecule has 0 aliphatic rings. The first kappa shape index (κ1) is 45.9. The van der Waals surface area contributed by atoms with Gasteiger partial charge in [-0.2, -0.15) is 0 Å². The second-order valence-corrected chi connectivity index (χ2v) is 16.1. The maximum Gasteiger partial charge on any atom is 3.00 e. The van der Waals surface area contributed by atoms with E-state index in [4.69, 9.17) is 0 Å². The van der Waals surface area contributed by atoms with E-state index >= 15 is 0 Å². The zero-order valence-corrected chi connectivity index (χ0v) is 30.4. The van der Waals surface area contributed by atoms with Gasteiger partial charge in [0.25, 0.3) is 0 Å². The van der Waals surface area contributed by atoms with Crippen LogP contribution in [0.1, 0.15) is 125 Å². The molecule has 0 radical (unpaired) electrons. The summed E-state index contributed by atoms with van der Waals surface area (Å²) in [6, 6.07) is 0. The maximum atomic E-state index is 11.4. The summed E-state index contributed by atoms with van der Waals surface area (Å²) in [5.74, 6) is -0.625. The van der Waals surface area contributed by atoms with E-state index in [1.54, 1.807) is 0 Å². The second kappa shape index (κ2) is 16.5. The molecule has 40 heavy (non-hydrogen) atoms. The van der Waals surface area contributed by atoms with Crippen molar-refractivity contribution in [3.63, 3.8) is 0 Å². The Morgan fingerprint density at radius 2 is 0.475 bits per heavy atom. The van der Waals surface area contributed by atoms with Crippen LogP contribution in [0.2, 0.25) is 0 Å². The Hall–Kier alpha value is -1.11. The van der Waals surface area contributed by atoms with E-state index < -0.39 is 32.5 Å². The van der Waals surface area contributed by atoms with Gasteiger partial charge in [0.1, 0.15) is 0 Å². The molecule has 0 aromatic rings. The van der Waals surface area contributed by atoms with Crippen molar-refractivity contribution in [1.29, 1.82) is 0 Å². The molecule has 0 fully saturated rings. The molecule has 0 saturated carbocycles. The fraction of sp³-hybridized carbons (Fsp3) is 0.727. The van der Waals surface area contributed by atoms with E-state index in [-0.39, 0.29) is 72.4 Å². The third kappa shape index (κ3) is 21.6. The Bertz CT molecular complexity index is 801. The Kier molecular flexibility index (Phi) is 18.9. The number of ketones is 3. The van der Waals surface area contributed by atoms with E-state index in [9.17, 15) is 29.7 Å². The first-order valence-corrected chi connectivity index (χ1v) is 13.5. The van der Waals surface area contributed by atoms with Gasteiger partial charge < -0.3 is 15.3 Å². The molecule has 0 heterocycles. The van der Waals surface area contributed by atoms with Gasteiger partial charge in [0, 0.05) is 16.2 Å². The molecular weight excluding hydrogens is 657 g/mol. The molecule has 0 aromatic heterocycles. The predicted octanol–water partition coefficient (Wildman–Crippen LogP) is 5.68. The summed E-state index contributed by atoms with van der Waals surface area (Å²) in [5.41, 5.74) is -2.74. The normalized spacial score (nSPS) is 14.1. The van der Waals surface area contributed by atoms with E-state index in [1.165, 1.54) is 18.2 Å². The van der Waals surface area contributed by atoms with Crippen molar-refractivity contribution in [1.82, 2.24) is 0 Å². The van der Waals surface area contributed by atoms with Gasteiger partial charge in [-0.05, 0) is 34.5 Å². The fourth-order valence-corrected chi connectivity index (χ4v) is 1.66. The zero-order valence-electron chi connectivity index (χ0n) is 28.5. The van der Waals surface area contributed by atoms with Gasteiger partial charge in [-0.25, -0.2) is 0 Å². The monoisotopic (exact) mass is 714 g/mol. The van der Waals surface area contributed by atoms with Crippen LogP contribution < -0.4 is 15.3 Å². The Balaban J connectivity index is -0.000000240. The van der Waals surface area contributed by atoms with Crippen molar-refractivity contribution < 1.29 is 67.4 Å². The van der Waals surface area contributed by atoms with Gasteiger partial charge in [0.15, 0.2) is 17.3 Å². The summed E-state index contributed by atoms with van der Waals surface area (Å²) in [6.07, 6.45) is 3.67. The van der Waals surface area contributed by atoms with Crippen LogP contribution in [0.3, 0.4) is 0 Å². The number of hydrogen-bond acceptors (Lipinski definition) is 6. The smallest absolute Gasteiger partial charge is 0.875 e. The van der Waals surface area contributed by atoms with Gasteiger partial charge in [-0.1, -0.05) is 125 Å². The van der Waals surface area contributed by atoms with Crippen LogP contribution >= 0.6 is 0 Å². The summed E-state index contributed by atoms with van der Waals surface area (Å²) in [5, 5.41) is 34.3. The summed E-state index contributed by atoms with van der Waals surface area (Å²) in [7, 11) is 0. The maximum absolute atomic E-state index is 11.4. The number of hydrogen-bond donors (Lipinski definition) is 0. The van der Waals surface area contributed by atoms with Gasteiger partial charge in [-0.15, -0.1) is 17.3 Å². The number of rotatable bonds is 3. The minimum atomic E-state index is -0.457. The minimum Gasteiger partial charge on any atom is -0.875 e. The van der Waals surface area contributed by atoms with Crippen molar-refractivity contribution in [3.8, 4) is 0 Å². The Labute approximate surface area is 275 Å². The van der Waals surface area contributed by atoms with E-state index in [0.717, 1.165) is 0 Å². The van der Waals surface area contributed by atoms with Gasteiger partial charge in [0.05, 0.1) is 0 Å². The molecule has 0 N–H and O–H groups in total. The topological polar surface area (TPSA) is 120 Å². The van der Waals surface area contributed by atoms with Crippen LogP contribution in [0.5, 0.6) is 0 Å². The molecule has 6 nitrogen and oxygen atoms in total. The molecule has 0 unspecified atom stereocenters. The molecular formula is C33H57HoO6.